The van der Waals surface area contributed by atoms with E-state index in [0.717, 1.165) is 17.5 Å². The SMILES string of the molecule is CCCCC(C)(C)c1cc(C)cc(C)c1O. The van der Waals surface area contributed by atoms with E-state index >= 15 is 0 Å². The maximum Gasteiger partial charge on any atom is 0.122 e. The van der Waals surface area contributed by atoms with E-state index in [4.69, 9.17) is 0 Å². The van der Waals surface area contributed by atoms with Gasteiger partial charge in [0.1, 0.15) is 5.75 Å². The van der Waals surface area contributed by atoms with Crippen molar-refractivity contribution in [1.29, 1.82) is 0 Å². The number of benzene rings is 1. The number of phenols is 1. The van der Waals surface area contributed by atoms with Gasteiger partial charge in [-0.2, -0.15) is 0 Å². The Labute approximate surface area is 99.5 Å². The van der Waals surface area contributed by atoms with Crippen LogP contribution in [0.4, 0.5) is 0 Å². The first-order chi connectivity index (χ1) is 7.38. The van der Waals surface area contributed by atoms with Crippen LogP contribution in [0.15, 0.2) is 12.1 Å². The molecule has 0 aliphatic heterocycles. The van der Waals surface area contributed by atoms with Crippen molar-refractivity contribution in [3.63, 3.8) is 0 Å². The minimum absolute atomic E-state index is 0.0663. The molecule has 0 aliphatic rings. The summed E-state index contributed by atoms with van der Waals surface area (Å²) in [5.41, 5.74) is 3.38. The van der Waals surface area contributed by atoms with Crippen LogP contribution in [-0.2, 0) is 5.41 Å². The summed E-state index contributed by atoms with van der Waals surface area (Å²) in [7, 11) is 0. The van der Waals surface area contributed by atoms with Crippen LogP contribution in [0.1, 0.15) is 56.7 Å². The van der Waals surface area contributed by atoms with Crippen molar-refractivity contribution in [2.24, 2.45) is 0 Å². The summed E-state index contributed by atoms with van der Waals surface area (Å²) in [4.78, 5) is 0. The molecule has 0 aliphatic carbocycles. The van der Waals surface area contributed by atoms with Crippen LogP contribution in [0.5, 0.6) is 5.75 Å². The van der Waals surface area contributed by atoms with E-state index in [1.807, 2.05) is 13.0 Å². The third-order valence-corrected chi connectivity index (χ3v) is 3.33. The summed E-state index contributed by atoms with van der Waals surface area (Å²) in [5, 5.41) is 10.2. The van der Waals surface area contributed by atoms with Gasteiger partial charge in [-0.3, -0.25) is 0 Å². The molecular weight excluding hydrogens is 196 g/mol. The maximum absolute atomic E-state index is 10.2. The molecule has 0 saturated carbocycles. The van der Waals surface area contributed by atoms with Crippen LogP contribution in [0.3, 0.4) is 0 Å². The van der Waals surface area contributed by atoms with Gasteiger partial charge in [-0.1, -0.05) is 51.3 Å². The van der Waals surface area contributed by atoms with Gasteiger partial charge in [0.15, 0.2) is 0 Å². The first kappa shape index (κ1) is 13.1. The molecule has 0 bridgehead atoms. The maximum atomic E-state index is 10.2. The summed E-state index contributed by atoms with van der Waals surface area (Å²) < 4.78 is 0. The summed E-state index contributed by atoms with van der Waals surface area (Å²) in [6.07, 6.45) is 3.54. The van der Waals surface area contributed by atoms with E-state index in [9.17, 15) is 5.11 Å². The predicted molar refractivity (Wildman–Crippen MR) is 70.1 cm³/mol. The first-order valence-corrected chi connectivity index (χ1v) is 6.19. The van der Waals surface area contributed by atoms with E-state index in [0.29, 0.717) is 5.75 Å². The Balaban J connectivity index is 3.11. The molecule has 1 heteroatoms. The zero-order valence-corrected chi connectivity index (χ0v) is 11.2. The molecule has 0 unspecified atom stereocenters. The summed E-state index contributed by atoms with van der Waals surface area (Å²) >= 11 is 0. The van der Waals surface area contributed by atoms with Gasteiger partial charge in [0.25, 0.3) is 0 Å². The molecule has 0 atom stereocenters. The van der Waals surface area contributed by atoms with Gasteiger partial charge < -0.3 is 5.11 Å². The zero-order valence-electron chi connectivity index (χ0n) is 11.2. The Kier molecular flexibility index (Phi) is 4.01. The highest BCUT2D eigenvalue weighted by Gasteiger charge is 2.24. The lowest BCUT2D eigenvalue weighted by Gasteiger charge is -2.27. The van der Waals surface area contributed by atoms with E-state index < -0.39 is 0 Å². The number of rotatable bonds is 4. The minimum atomic E-state index is 0.0663. The van der Waals surface area contributed by atoms with Crippen molar-refractivity contribution in [2.75, 3.05) is 0 Å². The fourth-order valence-corrected chi connectivity index (χ4v) is 2.23. The molecule has 1 N–H and O–H groups in total. The predicted octanol–water partition coefficient (Wildman–Crippen LogP) is 4.48. The molecule has 1 aromatic carbocycles. The van der Waals surface area contributed by atoms with Crippen molar-refractivity contribution < 1.29 is 5.11 Å². The second kappa shape index (κ2) is 4.90. The average molecular weight is 220 g/mol. The summed E-state index contributed by atoms with van der Waals surface area (Å²) in [6.45, 7) is 10.7. The molecule has 0 spiro atoms. The number of hydrogen-bond donors (Lipinski definition) is 1. The molecule has 0 saturated heterocycles. The Morgan fingerprint density at radius 3 is 2.38 bits per heavy atom. The molecule has 16 heavy (non-hydrogen) atoms. The lowest BCUT2D eigenvalue weighted by atomic mass is 9.78. The Morgan fingerprint density at radius 1 is 1.19 bits per heavy atom. The van der Waals surface area contributed by atoms with Gasteiger partial charge in [0.2, 0.25) is 0 Å². The molecule has 1 rings (SSSR count). The van der Waals surface area contributed by atoms with Gasteiger partial charge in [-0.05, 0) is 31.2 Å². The molecule has 0 aromatic heterocycles. The number of aromatic hydroxyl groups is 1. The lowest BCUT2D eigenvalue weighted by molar-refractivity contribution is 0.408. The van der Waals surface area contributed by atoms with E-state index in [2.05, 4.69) is 33.8 Å². The van der Waals surface area contributed by atoms with Crippen molar-refractivity contribution in [1.82, 2.24) is 0 Å². The van der Waals surface area contributed by atoms with E-state index in [1.165, 1.54) is 18.4 Å². The number of aryl methyl sites for hydroxylation is 2. The van der Waals surface area contributed by atoms with Crippen LogP contribution >= 0.6 is 0 Å². The largest absolute Gasteiger partial charge is 0.507 e. The summed E-state index contributed by atoms with van der Waals surface area (Å²) in [6, 6.07) is 4.16. The second-order valence-electron chi connectivity index (χ2n) is 5.47. The molecule has 1 nitrogen and oxygen atoms in total. The third-order valence-electron chi connectivity index (χ3n) is 3.33. The molecule has 90 valence electrons. The van der Waals surface area contributed by atoms with Gasteiger partial charge in [0, 0.05) is 5.56 Å². The zero-order chi connectivity index (χ0) is 12.3. The van der Waals surface area contributed by atoms with Crippen LogP contribution in [0.2, 0.25) is 0 Å². The average Bonchev–Trinajstić information content (AvgIpc) is 2.20. The topological polar surface area (TPSA) is 20.2 Å². The van der Waals surface area contributed by atoms with Crippen LogP contribution in [0.25, 0.3) is 0 Å². The third kappa shape index (κ3) is 2.78. The fourth-order valence-electron chi connectivity index (χ4n) is 2.23. The van der Waals surface area contributed by atoms with Crippen molar-refractivity contribution in [2.45, 2.75) is 59.3 Å². The molecule has 0 heterocycles. The Bertz CT molecular complexity index is 364. The van der Waals surface area contributed by atoms with Gasteiger partial charge >= 0.3 is 0 Å². The Hall–Kier alpha value is -0.980. The Morgan fingerprint density at radius 2 is 1.81 bits per heavy atom. The molecule has 0 radical (unpaired) electrons. The molecular formula is C15H24O. The normalized spacial score (nSPS) is 11.8. The highest BCUT2D eigenvalue weighted by molar-refractivity contribution is 5.46. The quantitative estimate of drug-likeness (QED) is 0.793. The number of unbranched alkanes of at least 4 members (excludes halogenated alkanes) is 1. The fraction of sp³-hybridized carbons (Fsp3) is 0.600. The minimum Gasteiger partial charge on any atom is -0.507 e. The smallest absolute Gasteiger partial charge is 0.122 e. The van der Waals surface area contributed by atoms with Crippen LogP contribution in [0, 0.1) is 13.8 Å². The number of phenolic OH excluding ortho intramolecular Hbond substituents is 1. The van der Waals surface area contributed by atoms with Gasteiger partial charge in [-0.25, -0.2) is 0 Å². The molecule has 1 aromatic rings. The van der Waals surface area contributed by atoms with Crippen LogP contribution in [-0.4, -0.2) is 5.11 Å². The second-order valence-corrected chi connectivity index (χ2v) is 5.47. The first-order valence-electron chi connectivity index (χ1n) is 6.19. The van der Waals surface area contributed by atoms with Crippen molar-refractivity contribution >= 4 is 0 Å². The van der Waals surface area contributed by atoms with E-state index in [-0.39, 0.29) is 5.41 Å². The van der Waals surface area contributed by atoms with E-state index in [1.54, 1.807) is 0 Å². The van der Waals surface area contributed by atoms with Gasteiger partial charge in [0.05, 0.1) is 0 Å². The van der Waals surface area contributed by atoms with Crippen molar-refractivity contribution in [3.05, 3.63) is 28.8 Å². The monoisotopic (exact) mass is 220 g/mol. The van der Waals surface area contributed by atoms with Crippen LogP contribution < -0.4 is 0 Å². The molecule has 0 fully saturated rings. The highest BCUT2D eigenvalue weighted by atomic mass is 16.3. The molecule has 0 amide bonds. The lowest BCUT2D eigenvalue weighted by Crippen LogP contribution is -2.17. The highest BCUT2D eigenvalue weighted by Crippen LogP contribution is 2.37. The number of hydrogen-bond acceptors (Lipinski definition) is 1. The van der Waals surface area contributed by atoms with Crippen molar-refractivity contribution in [3.8, 4) is 5.75 Å². The standard InChI is InChI=1S/C15H24O/c1-6-7-8-15(4,5)13-10-11(2)9-12(3)14(13)16/h9-10,16H,6-8H2,1-5H3. The summed E-state index contributed by atoms with van der Waals surface area (Å²) in [5.74, 6) is 0.478. The van der Waals surface area contributed by atoms with Gasteiger partial charge in [-0.15, -0.1) is 0 Å².